The molecule has 0 aliphatic carbocycles. The number of non-ortho nitro benzene ring substituents is 1. The summed E-state index contributed by atoms with van der Waals surface area (Å²) in [5, 5.41) is 16.8. The zero-order valence-electron chi connectivity index (χ0n) is 17.1. The number of nitro groups is 1. The van der Waals surface area contributed by atoms with Crippen molar-refractivity contribution in [3.63, 3.8) is 0 Å². The van der Waals surface area contributed by atoms with Crippen molar-refractivity contribution in [2.45, 2.75) is 0 Å². The first-order valence-corrected chi connectivity index (χ1v) is 9.64. The molecule has 3 rings (SSSR count). The topological polar surface area (TPSA) is 140 Å². The summed E-state index contributed by atoms with van der Waals surface area (Å²) in [4.78, 5) is 45.9. The minimum atomic E-state index is -0.571. The number of nitrogens with zero attached hydrogens (tertiary/aromatic N) is 2. The van der Waals surface area contributed by atoms with E-state index in [0.717, 1.165) is 0 Å². The number of benzene rings is 3. The minimum absolute atomic E-state index is 0.138. The van der Waals surface area contributed by atoms with Crippen LogP contribution in [0.1, 0.15) is 26.3 Å². The van der Waals surface area contributed by atoms with Crippen LogP contribution in [-0.4, -0.2) is 35.5 Å². The highest BCUT2D eigenvalue weighted by Gasteiger charge is 2.10. The highest BCUT2D eigenvalue weighted by atomic mass is 16.6. The zero-order chi connectivity index (χ0) is 23.6. The van der Waals surface area contributed by atoms with Gasteiger partial charge in [0.25, 0.3) is 17.5 Å². The molecule has 0 fully saturated rings. The molecule has 0 unspecified atom stereocenters. The number of carbonyl (C=O) groups excluding carboxylic acids is 3. The first-order valence-electron chi connectivity index (χ1n) is 9.64. The molecule has 0 heterocycles. The maximum absolute atomic E-state index is 12.0. The number of carbonyl (C=O) groups is 3. The Bertz CT molecular complexity index is 1180. The SMILES string of the molecule is O=C(CNC(=O)c1ccc([N+](=O)[O-])cc1)N/N=C/c1ccc(OC(=O)c2ccccc2)cc1. The molecular formula is C23H18N4O6. The fraction of sp³-hybridized carbons (Fsp3) is 0.0435. The van der Waals surface area contributed by atoms with Gasteiger partial charge in [0, 0.05) is 17.7 Å². The van der Waals surface area contributed by atoms with Crippen molar-refractivity contribution in [3.05, 3.63) is 106 Å². The van der Waals surface area contributed by atoms with Crippen LogP contribution in [0.15, 0.2) is 84.0 Å². The number of hydrogen-bond acceptors (Lipinski definition) is 7. The molecular weight excluding hydrogens is 428 g/mol. The van der Waals surface area contributed by atoms with E-state index < -0.39 is 22.7 Å². The van der Waals surface area contributed by atoms with Gasteiger partial charge in [-0.15, -0.1) is 0 Å². The molecule has 10 heteroatoms. The van der Waals surface area contributed by atoms with E-state index in [1.165, 1.54) is 30.5 Å². The molecule has 166 valence electrons. The number of rotatable bonds is 8. The Balaban J connectivity index is 1.43. The molecule has 33 heavy (non-hydrogen) atoms. The molecule has 10 nitrogen and oxygen atoms in total. The van der Waals surface area contributed by atoms with Gasteiger partial charge in [-0.2, -0.15) is 5.10 Å². The van der Waals surface area contributed by atoms with Crippen LogP contribution in [-0.2, 0) is 4.79 Å². The lowest BCUT2D eigenvalue weighted by atomic mass is 10.2. The maximum Gasteiger partial charge on any atom is 0.343 e. The van der Waals surface area contributed by atoms with E-state index >= 15 is 0 Å². The minimum Gasteiger partial charge on any atom is -0.423 e. The largest absolute Gasteiger partial charge is 0.423 e. The van der Waals surface area contributed by atoms with Gasteiger partial charge in [-0.05, 0) is 54.1 Å². The molecule has 3 aromatic rings. The second kappa shape index (κ2) is 11.0. The Hall–Kier alpha value is -4.86. The third-order valence-electron chi connectivity index (χ3n) is 4.25. The van der Waals surface area contributed by atoms with E-state index in [9.17, 15) is 24.5 Å². The van der Waals surface area contributed by atoms with E-state index in [1.54, 1.807) is 54.6 Å². The third-order valence-corrected chi connectivity index (χ3v) is 4.25. The van der Waals surface area contributed by atoms with Crippen LogP contribution in [0.5, 0.6) is 5.75 Å². The Morgan fingerprint density at radius 1 is 0.909 bits per heavy atom. The molecule has 2 N–H and O–H groups in total. The monoisotopic (exact) mass is 446 g/mol. The highest BCUT2D eigenvalue weighted by molar-refractivity contribution is 5.96. The molecule has 0 atom stereocenters. The van der Waals surface area contributed by atoms with Crippen LogP contribution in [0, 0.1) is 10.1 Å². The number of hydrazone groups is 1. The van der Waals surface area contributed by atoms with Gasteiger partial charge < -0.3 is 10.1 Å². The standard InChI is InChI=1S/C23H18N4O6/c28-21(15-24-22(29)17-8-10-19(11-9-17)27(31)32)26-25-14-16-6-12-20(13-7-16)33-23(30)18-4-2-1-3-5-18/h1-14H,15H2,(H,24,29)(H,26,28)/b25-14+. The van der Waals surface area contributed by atoms with E-state index in [4.69, 9.17) is 4.74 Å². The fourth-order valence-electron chi connectivity index (χ4n) is 2.58. The molecule has 2 amide bonds. The predicted octanol–water partition coefficient (Wildman–Crippen LogP) is 2.69. The van der Waals surface area contributed by atoms with Crippen molar-refractivity contribution in [3.8, 4) is 5.75 Å². The Kier molecular flexibility index (Phi) is 7.58. The normalized spacial score (nSPS) is 10.4. The lowest BCUT2D eigenvalue weighted by Gasteiger charge is -2.05. The zero-order valence-corrected chi connectivity index (χ0v) is 17.1. The van der Waals surface area contributed by atoms with E-state index in [2.05, 4.69) is 15.8 Å². The molecule has 0 aromatic heterocycles. The molecule has 3 aromatic carbocycles. The van der Waals surface area contributed by atoms with Gasteiger partial charge in [-0.3, -0.25) is 19.7 Å². The lowest BCUT2D eigenvalue weighted by molar-refractivity contribution is -0.384. The predicted molar refractivity (Wildman–Crippen MR) is 119 cm³/mol. The molecule has 0 saturated heterocycles. The molecule has 0 radical (unpaired) electrons. The number of amides is 2. The van der Waals surface area contributed by atoms with Crippen LogP contribution in [0.4, 0.5) is 5.69 Å². The van der Waals surface area contributed by atoms with Crippen LogP contribution < -0.4 is 15.5 Å². The average Bonchev–Trinajstić information content (AvgIpc) is 2.84. The summed E-state index contributed by atoms with van der Waals surface area (Å²) >= 11 is 0. The summed E-state index contributed by atoms with van der Waals surface area (Å²) in [6, 6.07) is 20.1. The van der Waals surface area contributed by atoms with Gasteiger partial charge in [0.2, 0.25) is 0 Å². The van der Waals surface area contributed by atoms with Gasteiger partial charge in [0.15, 0.2) is 0 Å². The number of nitro benzene ring substituents is 1. The van der Waals surface area contributed by atoms with Crippen LogP contribution >= 0.6 is 0 Å². The van der Waals surface area contributed by atoms with E-state index in [0.29, 0.717) is 16.9 Å². The van der Waals surface area contributed by atoms with Crippen molar-refractivity contribution >= 4 is 29.7 Å². The summed E-state index contributed by atoms with van der Waals surface area (Å²) in [5.41, 5.74) is 3.40. The van der Waals surface area contributed by atoms with Crippen molar-refractivity contribution < 1.29 is 24.0 Å². The van der Waals surface area contributed by atoms with Gasteiger partial charge in [0.1, 0.15) is 5.75 Å². The lowest BCUT2D eigenvalue weighted by Crippen LogP contribution is -2.34. The van der Waals surface area contributed by atoms with E-state index in [1.807, 2.05) is 0 Å². The summed E-state index contributed by atoms with van der Waals surface area (Å²) < 4.78 is 5.28. The van der Waals surface area contributed by atoms with Gasteiger partial charge >= 0.3 is 5.97 Å². The molecule has 0 aliphatic heterocycles. The van der Waals surface area contributed by atoms with Crippen LogP contribution in [0.25, 0.3) is 0 Å². The Morgan fingerprint density at radius 3 is 2.21 bits per heavy atom. The summed E-state index contributed by atoms with van der Waals surface area (Å²) in [7, 11) is 0. The van der Waals surface area contributed by atoms with Crippen molar-refractivity contribution in [2.24, 2.45) is 5.10 Å². The molecule has 0 aliphatic rings. The second-order valence-electron chi connectivity index (χ2n) is 6.60. The number of esters is 1. The number of nitrogens with one attached hydrogen (secondary N) is 2. The van der Waals surface area contributed by atoms with Gasteiger partial charge in [-0.1, -0.05) is 18.2 Å². The first kappa shape index (κ1) is 22.8. The number of ether oxygens (including phenoxy) is 1. The van der Waals surface area contributed by atoms with Gasteiger partial charge in [-0.25, -0.2) is 10.2 Å². The molecule has 0 bridgehead atoms. The Morgan fingerprint density at radius 2 is 1.58 bits per heavy atom. The van der Waals surface area contributed by atoms with Crippen LogP contribution in [0.2, 0.25) is 0 Å². The van der Waals surface area contributed by atoms with Crippen molar-refractivity contribution in [1.82, 2.24) is 10.7 Å². The molecule has 0 saturated carbocycles. The van der Waals surface area contributed by atoms with Gasteiger partial charge in [0.05, 0.1) is 23.2 Å². The quantitative estimate of drug-likeness (QED) is 0.179. The Labute approximate surface area is 188 Å². The number of hydrogen-bond donors (Lipinski definition) is 2. The van der Waals surface area contributed by atoms with Crippen LogP contribution in [0.3, 0.4) is 0 Å². The highest BCUT2D eigenvalue weighted by Crippen LogP contribution is 2.14. The van der Waals surface area contributed by atoms with Crippen molar-refractivity contribution in [2.75, 3.05) is 6.54 Å². The fourth-order valence-corrected chi connectivity index (χ4v) is 2.58. The second-order valence-corrected chi connectivity index (χ2v) is 6.60. The summed E-state index contributed by atoms with van der Waals surface area (Å²) in [6.45, 7) is -0.332. The maximum atomic E-state index is 12.0. The average molecular weight is 446 g/mol. The third kappa shape index (κ3) is 6.82. The first-order chi connectivity index (χ1) is 15.9. The summed E-state index contributed by atoms with van der Waals surface area (Å²) in [5.74, 6) is -1.22. The smallest absolute Gasteiger partial charge is 0.343 e. The molecule has 0 spiro atoms. The van der Waals surface area contributed by atoms with E-state index in [-0.39, 0.29) is 17.8 Å². The summed E-state index contributed by atoms with van der Waals surface area (Å²) in [6.07, 6.45) is 1.39. The van der Waals surface area contributed by atoms with Crippen molar-refractivity contribution in [1.29, 1.82) is 0 Å².